The maximum Gasteiger partial charge on any atom is 0.253 e. The first-order valence-electron chi connectivity index (χ1n) is 8.86. The van der Waals surface area contributed by atoms with Crippen molar-refractivity contribution in [1.82, 2.24) is 15.6 Å². The molecule has 2 aliphatic heterocycles. The van der Waals surface area contributed by atoms with Crippen LogP contribution in [0.3, 0.4) is 0 Å². The number of hydrogen-bond donors (Lipinski definition) is 2. The van der Waals surface area contributed by atoms with Gasteiger partial charge in [-0.15, -0.1) is 0 Å². The number of piperidine rings is 1. The summed E-state index contributed by atoms with van der Waals surface area (Å²) in [5.41, 5.74) is 1.54. The summed E-state index contributed by atoms with van der Waals surface area (Å²) in [7, 11) is 0. The molecule has 3 heterocycles. The van der Waals surface area contributed by atoms with Crippen molar-refractivity contribution >= 4 is 5.91 Å². The molecule has 1 fully saturated rings. The molecule has 6 nitrogen and oxygen atoms in total. The van der Waals surface area contributed by atoms with Gasteiger partial charge in [0.25, 0.3) is 5.91 Å². The van der Waals surface area contributed by atoms with E-state index in [0.717, 1.165) is 0 Å². The third kappa shape index (κ3) is 2.92. The Morgan fingerprint density at radius 1 is 1.41 bits per heavy atom. The molecule has 138 valence electrons. The second-order valence-electron chi connectivity index (χ2n) is 6.88. The van der Waals surface area contributed by atoms with E-state index in [2.05, 4.69) is 21.7 Å². The minimum absolute atomic E-state index is 0.146. The van der Waals surface area contributed by atoms with Crippen LogP contribution in [0.15, 0.2) is 30.3 Å². The molecule has 0 unspecified atom stereocenters. The van der Waals surface area contributed by atoms with Crippen molar-refractivity contribution in [2.24, 2.45) is 0 Å². The molecular weight excluding hydrogens is 347 g/mol. The normalized spacial score (nSPS) is 24.0. The van der Waals surface area contributed by atoms with Crippen LogP contribution < -0.4 is 15.4 Å². The first-order valence-corrected chi connectivity index (χ1v) is 8.86. The molecule has 0 radical (unpaired) electrons. The van der Waals surface area contributed by atoms with E-state index in [9.17, 15) is 4.79 Å². The van der Waals surface area contributed by atoms with Crippen LogP contribution in [0.4, 0.5) is 4.39 Å². The highest BCUT2D eigenvalue weighted by Crippen LogP contribution is 2.39. The van der Waals surface area contributed by atoms with E-state index >= 15 is 4.39 Å². The monoisotopic (exact) mass is 366 g/mol. The van der Waals surface area contributed by atoms with Gasteiger partial charge in [-0.3, -0.25) is 9.78 Å². The fourth-order valence-corrected chi connectivity index (χ4v) is 3.76. The molecule has 27 heavy (non-hydrogen) atoms. The number of nitrogens with zero attached hydrogens (tertiary/aromatic N) is 2. The molecular formula is C20H19FN4O2. The number of pyridine rings is 1. The summed E-state index contributed by atoms with van der Waals surface area (Å²) in [6.07, 6.45) is -0.940. The van der Waals surface area contributed by atoms with Crippen LogP contribution in [0.5, 0.6) is 5.75 Å². The molecule has 2 aliphatic rings. The van der Waals surface area contributed by atoms with Crippen molar-refractivity contribution < 1.29 is 13.9 Å². The average molecular weight is 366 g/mol. The van der Waals surface area contributed by atoms with Crippen LogP contribution in [0.1, 0.15) is 39.3 Å². The number of aryl methyl sites for hydroxylation is 1. The van der Waals surface area contributed by atoms with E-state index in [1.54, 1.807) is 30.3 Å². The van der Waals surface area contributed by atoms with Crippen LogP contribution in [0.2, 0.25) is 0 Å². The number of nitriles is 1. The van der Waals surface area contributed by atoms with Crippen molar-refractivity contribution in [2.75, 3.05) is 13.1 Å². The summed E-state index contributed by atoms with van der Waals surface area (Å²) >= 11 is 0. The number of ether oxygens (including phenoxy) is 1. The summed E-state index contributed by atoms with van der Waals surface area (Å²) in [6, 6.07) is 10.5. The van der Waals surface area contributed by atoms with Gasteiger partial charge in [0.1, 0.15) is 5.75 Å². The highest BCUT2D eigenvalue weighted by molar-refractivity contribution is 5.97. The molecule has 0 saturated carbocycles. The number of alkyl halides is 1. The molecule has 7 heteroatoms. The van der Waals surface area contributed by atoms with E-state index in [4.69, 9.17) is 10.00 Å². The topological polar surface area (TPSA) is 87.0 Å². The van der Waals surface area contributed by atoms with E-state index in [0.29, 0.717) is 53.3 Å². The van der Waals surface area contributed by atoms with E-state index in [1.165, 1.54) is 0 Å². The molecule has 0 aliphatic carbocycles. The highest BCUT2D eigenvalue weighted by Gasteiger charge is 2.48. The number of carbonyl (C=O) groups excluding carboxylic acids is 1. The second kappa shape index (κ2) is 6.63. The Morgan fingerprint density at radius 2 is 2.26 bits per heavy atom. The standard InChI is InChI=1S/C20H19FN4O2/c1-12-7-15-16(10-24-19(15)26)25-18(12)20(5-6-23-11-17(20)21)27-14-4-2-3-13(8-14)9-22/h2-4,7-8,17,23H,5-6,10-11H2,1H3,(H,24,26)/t17-,20+/m1/s1. The first kappa shape index (κ1) is 17.4. The van der Waals surface area contributed by atoms with Gasteiger partial charge in [0.15, 0.2) is 11.8 Å². The van der Waals surface area contributed by atoms with Crippen LogP contribution in [0, 0.1) is 18.3 Å². The lowest BCUT2D eigenvalue weighted by Gasteiger charge is -2.41. The lowest BCUT2D eigenvalue weighted by molar-refractivity contribution is -0.0418. The summed E-state index contributed by atoms with van der Waals surface area (Å²) in [4.78, 5) is 16.6. The molecule has 2 atom stereocenters. The summed E-state index contributed by atoms with van der Waals surface area (Å²) in [6.45, 7) is 2.87. The Hall–Kier alpha value is -2.98. The first-order chi connectivity index (χ1) is 13.0. The van der Waals surface area contributed by atoms with Gasteiger partial charge in [0.2, 0.25) is 0 Å². The van der Waals surface area contributed by atoms with Gasteiger partial charge >= 0.3 is 0 Å². The summed E-state index contributed by atoms with van der Waals surface area (Å²) < 4.78 is 21.5. The quantitative estimate of drug-likeness (QED) is 0.869. The zero-order valence-electron chi connectivity index (χ0n) is 14.9. The van der Waals surface area contributed by atoms with E-state index in [-0.39, 0.29) is 12.5 Å². The molecule has 1 saturated heterocycles. The van der Waals surface area contributed by atoms with Crippen molar-refractivity contribution in [2.45, 2.75) is 31.7 Å². The predicted octanol–water partition coefficient (Wildman–Crippen LogP) is 2.11. The third-order valence-electron chi connectivity index (χ3n) is 5.12. The molecule has 1 aromatic carbocycles. The Balaban J connectivity index is 1.82. The fourth-order valence-electron chi connectivity index (χ4n) is 3.76. The average Bonchev–Trinajstić information content (AvgIpc) is 3.03. The van der Waals surface area contributed by atoms with Crippen LogP contribution in [-0.4, -0.2) is 30.2 Å². The van der Waals surface area contributed by atoms with Gasteiger partial charge in [0, 0.05) is 13.0 Å². The molecule has 2 aromatic rings. The number of carbonyl (C=O) groups is 1. The smallest absolute Gasteiger partial charge is 0.253 e. The van der Waals surface area contributed by atoms with Crippen molar-refractivity contribution in [1.29, 1.82) is 5.26 Å². The lowest BCUT2D eigenvalue weighted by Crippen LogP contribution is -2.54. The van der Waals surface area contributed by atoms with Gasteiger partial charge in [-0.2, -0.15) is 5.26 Å². The van der Waals surface area contributed by atoms with Gasteiger partial charge in [0.05, 0.1) is 35.1 Å². The van der Waals surface area contributed by atoms with Gasteiger partial charge in [-0.25, -0.2) is 4.39 Å². The number of fused-ring (bicyclic) bond motifs is 1. The molecule has 1 aromatic heterocycles. The Kier molecular flexibility index (Phi) is 4.28. The maximum absolute atomic E-state index is 15.3. The molecule has 0 bridgehead atoms. The van der Waals surface area contributed by atoms with Crippen LogP contribution in [0.25, 0.3) is 0 Å². The van der Waals surface area contributed by atoms with Crippen molar-refractivity contribution in [3.63, 3.8) is 0 Å². The minimum atomic E-state index is -1.33. The summed E-state index contributed by atoms with van der Waals surface area (Å²) in [5.74, 6) is 0.264. The molecule has 2 N–H and O–H groups in total. The highest BCUT2D eigenvalue weighted by atomic mass is 19.1. The predicted molar refractivity (Wildman–Crippen MR) is 96.0 cm³/mol. The zero-order chi connectivity index (χ0) is 19.0. The largest absolute Gasteiger partial charge is 0.478 e. The Morgan fingerprint density at radius 3 is 3.04 bits per heavy atom. The van der Waals surface area contributed by atoms with E-state index in [1.807, 2.05) is 6.92 Å². The molecule has 0 spiro atoms. The molecule has 1 amide bonds. The number of rotatable bonds is 3. The number of nitrogens with one attached hydrogen (secondary N) is 2. The van der Waals surface area contributed by atoms with Crippen LogP contribution >= 0.6 is 0 Å². The summed E-state index contributed by atoms with van der Waals surface area (Å²) in [5, 5.41) is 14.9. The number of amides is 1. The zero-order valence-corrected chi connectivity index (χ0v) is 14.9. The second-order valence-corrected chi connectivity index (χ2v) is 6.88. The number of benzene rings is 1. The Labute approximate surface area is 156 Å². The minimum Gasteiger partial charge on any atom is -0.478 e. The lowest BCUT2D eigenvalue weighted by atomic mass is 9.84. The number of aromatic nitrogens is 1. The fraction of sp³-hybridized carbons (Fsp3) is 0.350. The number of hydrogen-bond acceptors (Lipinski definition) is 5. The van der Waals surface area contributed by atoms with Crippen molar-refractivity contribution in [3.8, 4) is 11.8 Å². The van der Waals surface area contributed by atoms with Gasteiger partial charge in [-0.1, -0.05) is 6.07 Å². The molecule has 4 rings (SSSR count). The van der Waals surface area contributed by atoms with E-state index < -0.39 is 11.8 Å². The Bertz CT molecular complexity index is 955. The van der Waals surface area contributed by atoms with Crippen molar-refractivity contribution in [3.05, 3.63) is 58.4 Å². The maximum atomic E-state index is 15.3. The SMILES string of the molecule is Cc1cc2c(nc1[C@]1(Oc3cccc(C#N)c3)CCNC[C@H]1F)CNC2=O. The number of halogens is 1. The van der Waals surface area contributed by atoms with Gasteiger partial charge < -0.3 is 15.4 Å². The van der Waals surface area contributed by atoms with Gasteiger partial charge in [-0.05, 0) is 43.3 Å². The van der Waals surface area contributed by atoms with Crippen LogP contribution in [-0.2, 0) is 12.1 Å². The third-order valence-corrected chi connectivity index (χ3v) is 5.12.